The Morgan fingerprint density at radius 2 is 2.15 bits per heavy atom. The molecule has 108 valence electrons. The van der Waals surface area contributed by atoms with Crippen LogP contribution >= 0.6 is 11.6 Å². The SMILES string of the molecule is CCCc1cc(C(F)(F)F)c2nc(C(=O)O)c(Cl)n2c1. The summed E-state index contributed by atoms with van der Waals surface area (Å²) in [6.45, 7) is 1.83. The first-order valence-electron chi connectivity index (χ1n) is 5.76. The van der Waals surface area contributed by atoms with Gasteiger partial charge in [-0.3, -0.25) is 4.40 Å². The predicted molar refractivity (Wildman–Crippen MR) is 66.2 cm³/mol. The predicted octanol–water partition coefficient (Wildman–Crippen LogP) is 3.66. The second kappa shape index (κ2) is 4.97. The van der Waals surface area contributed by atoms with E-state index in [0.717, 1.165) is 10.5 Å². The molecule has 8 heteroatoms. The van der Waals surface area contributed by atoms with E-state index in [9.17, 15) is 18.0 Å². The van der Waals surface area contributed by atoms with Crippen LogP contribution in [0.1, 0.15) is 35.0 Å². The van der Waals surface area contributed by atoms with Crippen LogP contribution in [0.5, 0.6) is 0 Å². The van der Waals surface area contributed by atoms with Gasteiger partial charge in [0, 0.05) is 6.20 Å². The molecule has 1 N–H and O–H groups in total. The van der Waals surface area contributed by atoms with Crippen molar-refractivity contribution >= 4 is 23.2 Å². The van der Waals surface area contributed by atoms with Crippen molar-refractivity contribution in [2.24, 2.45) is 0 Å². The number of carboxylic acid groups (broad SMARTS) is 1. The number of pyridine rings is 1. The van der Waals surface area contributed by atoms with Gasteiger partial charge in [0.15, 0.2) is 11.3 Å². The van der Waals surface area contributed by atoms with Crippen molar-refractivity contribution in [2.45, 2.75) is 25.9 Å². The van der Waals surface area contributed by atoms with Gasteiger partial charge in [-0.15, -0.1) is 0 Å². The van der Waals surface area contributed by atoms with Crippen molar-refractivity contribution in [2.75, 3.05) is 0 Å². The van der Waals surface area contributed by atoms with E-state index in [1.54, 1.807) is 0 Å². The summed E-state index contributed by atoms with van der Waals surface area (Å²) in [4.78, 5) is 14.4. The molecule has 0 aliphatic rings. The zero-order chi connectivity index (χ0) is 15.1. The second-order valence-electron chi connectivity index (χ2n) is 4.26. The van der Waals surface area contributed by atoms with Gasteiger partial charge in [-0.1, -0.05) is 24.9 Å². The Morgan fingerprint density at radius 3 is 2.65 bits per heavy atom. The molecule has 2 rings (SSSR count). The highest BCUT2D eigenvalue weighted by Gasteiger charge is 2.35. The molecule has 0 saturated heterocycles. The number of carbonyl (C=O) groups is 1. The first-order chi connectivity index (χ1) is 9.25. The number of carboxylic acids is 1. The number of fused-ring (bicyclic) bond motifs is 1. The summed E-state index contributed by atoms with van der Waals surface area (Å²) in [5, 5.41) is 8.55. The van der Waals surface area contributed by atoms with Gasteiger partial charge >= 0.3 is 12.1 Å². The zero-order valence-corrected chi connectivity index (χ0v) is 11.1. The first kappa shape index (κ1) is 14.6. The van der Waals surface area contributed by atoms with E-state index >= 15 is 0 Å². The average molecular weight is 307 g/mol. The Morgan fingerprint density at radius 1 is 1.50 bits per heavy atom. The topological polar surface area (TPSA) is 54.6 Å². The lowest BCUT2D eigenvalue weighted by molar-refractivity contribution is -0.136. The highest BCUT2D eigenvalue weighted by atomic mass is 35.5. The smallest absolute Gasteiger partial charge is 0.419 e. The van der Waals surface area contributed by atoms with Gasteiger partial charge in [0.25, 0.3) is 0 Å². The summed E-state index contributed by atoms with van der Waals surface area (Å²) < 4.78 is 40.1. The number of aryl methyl sites for hydroxylation is 1. The molecule has 0 spiro atoms. The third kappa shape index (κ3) is 2.45. The summed E-state index contributed by atoms with van der Waals surface area (Å²) in [5.41, 5.74) is -1.66. The summed E-state index contributed by atoms with van der Waals surface area (Å²) in [6, 6.07) is 0.980. The lowest BCUT2D eigenvalue weighted by atomic mass is 10.1. The Kier molecular flexibility index (Phi) is 3.64. The van der Waals surface area contributed by atoms with E-state index in [4.69, 9.17) is 16.7 Å². The van der Waals surface area contributed by atoms with Gasteiger partial charge in [0.1, 0.15) is 5.15 Å². The number of aromatic carboxylic acids is 1. The Labute approximate surface area is 116 Å². The molecule has 0 aromatic carbocycles. The number of halogens is 4. The molecule has 2 aromatic heterocycles. The quantitative estimate of drug-likeness (QED) is 0.941. The number of aromatic nitrogens is 2. The molecule has 20 heavy (non-hydrogen) atoms. The molecule has 0 bridgehead atoms. The fourth-order valence-corrected chi connectivity index (χ4v) is 2.20. The summed E-state index contributed by atoms with van der Waals surface area (Å²) in [7, 11) is 0. The van der Waals surface area contributed by atoms with Crippen LogP contribution in [-0.2, 0) is 12.6 Å². The summed E-state index contributed by atoms with van der Waals surface area (Å²) in [5.74, 6) is -1.47. The van der Waals surface area contributed by atoms with E-state index < -0.39 is 29.1 Å². The maximum atomic E-state index is 13.0. The van der Waals surface area contributed by atoms with Crippen LogP contribution in [0.2, 0.25) is 5.15 Å². The van der Waals surface area contributed by atoms with Gasteiger partial charge in [0.05, 0.1) is 5.56 Å². The molecule has 0 aliphatic heterocycles. The van der Waals surface area contributed by atoms with E-state index in [1.165, 1.54) is 6.20 Å². The normalized spacial score (nSPS) is 12.1. The van der Waals surface area contributed by atoms with Crippen LogP contribution in [0.3, 0.4) is 0 Å². The molecule has 0 aliphatic carbocycles. The minimum absolute atomic E-state index is 0.337. The molecule has 0 amide bonds. The number of nitrogens with zero attached hydrogens (tertiary/aromatic N) is 2. The van der Waals surface area contributed by atoms with Crippen LogP contribution in [0, 0.1) is 0 Å². The zero-order valence-electron chi connectivity index (χ0n) is 10.3. The maximum absolute atomic E-state index is 13.0. The Bertz CT molecular complexity index is 679. The van der Waals surface area contributed by atoms with E-state index in [2.05, 4.69) is 4.98 Å². The highest BCUT2D eigenvalue weighted by Crippen LogP contribution is 2.34. The Hall–Kier alpha value is -1.76. The summed E-state index contributed by atoms with van der Waals surface area (Å²) >= 11 is 5.80. The largest absolute Gasteiger partial charge is 0.476 e. The van der Waals surface area contributed by atoms with Gasteiger partial charge in [-0.05, 0) is 18.1 Å². The van der Waals surface area contributed by atoms with Crippen LogP contribution in [0.4, 0.5) is 13.2 Å². The molecule has 0 atom stereocenters. The monoisotopic (exact) mass is 306 g/mol. The van der Waals surface area contributed by atoms with Gasteiger partial charge < -0.3 is 5.11 Å². The van der Waals surface area contributed by atoms with Gasteiger partial charge in [0.2, 0.25) is 0 Å². The van der Waals surface area contributed by atoms with E-state index in [-0.39, 0.29) is 5.15 Å². The minimum Gasteiger partial charge on any atom is -0.476 e. The summed E-state index contributed by atoms with van der Waals surface area (Å²) in [6.07, 6.45) is -2.16. The molecule has 0 fully saturated rings. The fraction of sp³-hybridized carbons (Fsp3) is 0.333. The van der Waals surface area contributed by atoms with Crippen LogP contribution in [0.25, 0.3) is 5.65 Å². The van der Waals surface area contributed by atoms with Crippen LogP contribution < -0.4 is 0 Å². The van der Waals surface area contributed by atoms with Crippen molar-refractivity contribution in [3.05, 3.63) is 34.2 Å². The molecule has 2 aromatic rings. The molecule has 0 saturated carbocycles. The highest BCUT2D eigenvalue weighted by molar-refractivity contribution is 6.32. The number of imidazole rings is 1. The fourth-order valence-electron chi connectivity index (χ4n) is 1.94. The van der Waals surface area contributed by atoms with Crippen molar-refractivity contribution in [3.63, 3.8) is 0 Å². The van der Waals surface area contributed by atoms with Crippen LogP contribution in [-0.4, -0.2) is 20.5 Å². The third-order valence-corrected chi connectivity index (χ3v) is 3.13. The number of alkyl halides is 3. The van der Waals surface area contributed by atoms with Gasteiger partial charge in [-0.25, -0.2) is 9.78 Å². The number of rotatable bonds is 3. The molecule has 0 unspecified atom stereocenters. The van der Waals surface area contributed by atoms with Gasteiger partial charge in [-0.2, -0.15) is 13.2 Å². The molecule has 2 heterocycles. The van der Waals surface area contributed by atoms with Crippen molar-refractivity contribution in [1.29, 1.82) is 0 Å². The molecular weight excluding hydrogens is 297 g/mol. The van der Waals surface area contributed by atoms with E-state index in [0.29, 0.717) is 18.4 Å². The molecule has 0 radical (unpaired) electrons. The first-order valence-corrected chi connectivity index (χ1v) is 6.14. The molecular formula is C12H10ClF3N2O2. The minimum atomic E-state index is -4.63. The standard InChI is InChI=1S/C12H10ClF3N2O2/c1-2-3-6-4-7(12(14,15)16)10-17-8(11(19)20)9(13)18(10)5-6/h4-5H,2-3H2,1H3,(H,19,20). The van der Waals surface area contributed by atoms with Crippen molar-refractivity contribution < 1.29 is 23.1 Å². The third-order valence-electron chi connectivity index (χ3n) is 2.77. The lowest BCUT2D eigenvalue weighted by Gasteiger charge is -2.10. The Balaban J connectivity index is 2.81. The maximum Gasteiger partial charge on any atom is 0.419 e. The average Bonchev–Trinajstić information content (AvgIpc) is 2.66. The van der Waals surface area contributed by atoms with Crippen molar-refractivity contribution in [3.8, 4) is 0 Å². The van der Waals surface area contributed by atoms with Crippen molar-refractivity contribution in [1.82, 2.24) is 9.38 Å². The number of hydrogen-bond donors (Lipinski definition) is 1. The molecule has 4 nitrogen and oxygen atoms in total. The van der Waals surface area contributed by atoms with Crippen LogP contribution in [0.15, 0.2) is 12.3 Å². The second-order valence-corrected chi connectivity index (χ2v) is 4.62. The lowest BCUT2D eigenvalue weighted by Crippen LogP contribution is -2.09. The number of hydrogen-bond acceptors (Lipinski definition) is 2. The van der Waals surface area contributed by atoms with E-state index in [1.807, 2.05) is 6.92 Å².